The van der Waals surface area contributed by atoms with E-state index in [0.717, 1.165) is 50.6 Å². The Morgan fingerprint density at radius 3 is 2.26 bits per heavy atom. The lowest BCUT2D eigenvalue weighted by Crippen LogP contribution is -2.18. The highest BCUT2D eigenvalue weighted by Crippen LogP contribution is 2.39. The standard InChI is InChI=1S/C33H22N4O/c38-33-26-19-18-23(24-14-9-15-25(31(24)26)32-34-27-16-7-8-17-29(27)36(32)33)28-20-30(21-10-3-1-4-11-21)37(35-28)22-12-5-2-6-13-22/h1-19,30H,20H2. The molecule has 5 nitrogen and oxygen atoms in total. The van der Waals surface area contributed by atoms with E-state index in [1.807, 2.05) is 54.6 Å². The maximum absolute atomic E-state index is 13.8. The molecule has 5 heteroatoms. The Morgan fingerprint density at radius 1 is 0.684 bits per heavy atom. The average molecular weight is 491 g/mol. The summed E-state index contributed by atoms with van der Waals surface area (Å²) in [6.45, 7) is 0. The lowest BCUT2D eigenvalue weighted by Gasteiger charge is -2.23. The third-order valence-corrected chi connectivity index (χ3v) is 7.70. The first-order valence-corrected chi connectivity index (χ1v) is 12.8. The molecule has 0 N–H and O–H groups in total. The van der Waals surface area contributed by atoms with E-state index >= 15 is 0 Å². The number of fused-ring (bicyclic) bond motifs is 4. The molecule has 0 fully saturated rings. The Morgan fingerprint density at radius 2 is 1.42 bits per heavy atom. The number of rotatable bonds is 3. The van der Waals surface area contributed by atoms with Crippen LogP contribution in [-0.2, 0) is 0 Å². The highest BCUT2D eigenvalue weighted by atomic mass is 16.1. The second kappa shape index (κ2) is 7.98. The van der Waals surface area contributed by atoms with Gasteiger partial charge in [0.15, 0.2) is 0 Å². The van der Waals surface area contributed by atoms with Gasteiger partial charge in [-0.15, -0.1) is 0 Å². The average Bonchev–Trinajstić information content (AvgIpc) is 3.59. The molecule has 0 amide bonds. The number of imidazole rings is 1. The van der Waals surface area contributed by atoms with Crippen molar-refractivity contribution in [3.05, 3.63) is 137 Å². The number of benzene rings is 5. The van der Waals surface area contributed by atoms with E-state index in [1.54, 1.807) is 4.40 Å². The molecule has 0 aliphatic carbocycles. The first-order chi connectivity index (χ1) is 18.8. The lowest BCUT2D eigenvalue weighted by atomic mass is 9.92. The third kappa shape index (κ3) is 2.96. The zero-order valence-corrected chi connectivity index (χ0v) is 20.5. The molecule has 2 aromatic heterocycles. The molecule has 8 rings (SSSR count). The molecule has 180 valence electrons. The van der Waals surface area contributed by atoms with Crippen molar-refractivity contribution in [3.63, 3.8) is 0 Å². The molecule has 0 saturated heterocycles. The van der Waals surface area contributed by atoms with Crippen molar-refractivity contribution in [2.45, 2.75) is 12.5 Å². The number of anilines is 1. The van der Waals surface area contributed by atoms with Gasteiger partial charge in [0.25, 0.3) is 5.56 Å². The maximum Gasteiger partial charge on any atom is 0.264 e. The summed E-state index contributed by atoms with van der Waals surface area (Å²) in [6, 6.07) is 39.0. The van der Waals surface area contributed by atoms with Gasteiger partial charge in [-0.2, -0.15) is 5.10 Å². The van der Waals surface area contributed by atoms with Gasteiger partial charge in [0.2, 0.25) is 0 Å². The van der Waals surface area contributed by atoms with Gasteiger partial charge < -0.3 is 0 Å². The first kappa shape index (κ1) is 21.1. The van der Waals surface area contributed by atoms with Gasteiger partial charge in [-0.05, 0) is 41.3 Å². The Kier molecular flexibility index (Phi) is 4.43. The normalized spacial score (nSPS) is 15.7. The van der Waals surface area contributed by atoms with Crippen LogP contribution in [0.3, 0.4) is 0 Å². The molecular formula is C33H22N4O. The zero-order valence-electron chi connectivity index (χ0n) is 20.5. The fourth-order valence-electron chi connectivity index (χ4n) is 5.98. The van der Waals surface area contributed by atoms with Crippen molar-refractivity contribution in [1.82, 2.24) is 9.38 Å². The number of pyridine rings is 1. The highest BCUT2D eigenvalue weighted by Gasteiger charge is 2.31. The van der Waals surface area contributed by atoms with Crippen LogP contribution in [0.1, 0.15) is 23.6 Å². The molecule has 0 bridgehead atoms. The summed E-state index contributed by atoms with van der Waals surface area (Å²) in [5.74, 6) is 0. The van der Waals surface area contributed by atoms with Gasteiger partial charge >= 0.3 is 0 Å². The quantitative estimate of drug-likeness (QED) is 0.269. The lowest BCUT2D eigenvalue weighted by molar-refractivity contribution is 0.709. The topological polar surface area (TPSA) is 50.0 Å². The van der Waals surface area contributed by atoms with Gasteiger partial charge in [-0.3, -0.25) is 14.2 Å². The van der Waals surface area contributed by atoms with E-state index in [2.05, 4.69) is 65.7 Å². The summed E-state index contributed by atoms with van der Waals surface area (Å²) >= 11 is 0. The van der Waals surface area contributed by atoms with Crippen LogP contribution in [0.15, 0.2) is 125 Å². The monoisotopic (exact) mass is 490 g/mol. The van der Waals surface area contributed by atoms with E-state index in [-0.39, 0.29) is 11.6 Å². The molecule has 3 heterocycles. The van der Waals surface area contributed by atoms with Crippen LogP contribution < -0.4 is 10.6 Å². The number of hydrogen-bond donors (Lipinski definition) is 0. The molecular weight excluding hydrogens is 468 g/mol. The Bertz CT molecular complexity index is 2080. The maximum atomic E-state index is 13.8. The van der Waals surface area contributed by atoms with Crippen molar-refractivity contribution in [2.75, 3.05) is 5.01 Å². The van der Waals surface area contributed by atoms with Crippen LogP contribution in [0.25, 0.3) is 38.2 Å². The van der Waals surface area contributed by atoms with Crippen molar-refractivity contribution >= 4 is 49.6 Å². The summed E-state index contributed by atoms with van der Waals surface area (Å²) in [7, 11) is 0. The fraction of sp³-hybridized carbons (Fsp3) is 0.0606. The van der Waals surface area contributed by atoms with E-state index in [0.29, 0.717) is 11.0 Å². The summed E-state index contributed by atoms with van der Waals surface area (Å²) in [6.07, 6.45) is 0.768. The number of para-hydroxylation sites is 3. The summed E-state index contributed by atoms with van der Waals surface area (Å²) in [5.41, 5.74) is 6.68. The van der Waals surface area contributed by atoms with Gasteiger partial charge in [0, 0.05) is 28.1 Å². The van der Waals surface area contributed by atoms with Gasteiger partial charge in [0.1, 0.15) is 5.65 Å². The predicted octanol–water partition coefficient (Wildman–Crippen LogP) is 6.95. The second-order valence-corrected chi connectivity index (χ2v) is 9.81. The van der Waals surface area contributed by atoms with E-state index < -0.39 is 0 Å². The minimum Gasteiger partial charge on any atom is -0.268 e. The molecule has 1 atom stereocenters. The van der Waals surface area contributed by atoms with Crippen LogP contribution in [0.5, 0.6) is 0 Å². The van der Waals surface area contributed by atoms with Crippen molar-refractivity contribution in [1.29, 1.82) is 0 Å². The van der Waals surface area contributed by atoms with Crippen LogP contribution in [0, 0.1) is 0 Å². The summed E-state index contributed by atoms with van der Waals surface area (Å²) < 4.78 is 1.75. The highest BCUT2D eigenvalue weighted by molar-refractivity contribution is 6.22. The van der Waals surface area contributed by atoms with Crippen molar-refractivity contribution in [3.8, 4) is 0 Å². The van der Waals surface area contributed by atoms with Gasteiger partial charge in [-0.25, -0.2) is 4.98 Å². The molecule has 1 aliphatic rings. The largest absolute Gasteiger partial charge is 0.268 e. The SMILES string of the molecule is O=c1c2ccc(C3=NN(c4ccccc4)C(c4ccccc4)C3)c3cccc(c32)c2nc3ccccc3n12. The number of hydrogen-bond acceptors (Lipinski definition) is 4. The minimum atomic E-state index is -0.0367. The Hall–Kier alpha value is -5.03. The smallest absolute Gasteiger partial charge is 0.264 e. The van der Waals surface area contributed by atoms with Crippen LogP contribution in [0.2, 0.25) is 0 Å². The molecule has 5 aromatic carbocycles. The van der Waals surface area contributed by atoms with Gasteiger partial charge in [0.05, 0.1) is 28.5 Å². The van der Waals surface area contributed by atoms with Crippen LogP contribution >= 0.6 is 0 Å². The predicted molar refractivity (Wildman–Crippen MR) is 154 cm³/mol. The van der Waals surface area contributed by atoms with Crippen molar-refractivity contribution < 1.29 is 0 Å². The van der Waals surface area contributed by atoms with E-state index in [4.69, 9.17) is 10.1 Å². The molecule has 1 unspecified atom stereocenters. The molecule has 7 aromatic rings. The Balaban J connectivity index is 1.37. The number of hydrazone groups is 1. The number of nitrogens with zero attached hydrogens (tertiary/aromatic N) is 4. The molecule has 0 radical (unpaired) electrons. The summed E-state index contributed by atoms with van der Waals surface area (Å²) in [5, 5.41) is 11.0. The van der Waals surface area contributed by atoms with Crippen LogP contribution in [-0.4, -0.2) is 15.1 Å². The molecule has 38 heavy (non-hydrogen) atoms. The van der Waals surface area contributed by atoms with Gasteiger partial charge in [-0.1, -0.05) is 84.9 Å². The molecule has 0 saturated carbocycles. The first-order valence-electron chi connectivity index (χ1n) is 12.8. The van der Waals surface area contributed by atoms with E-state index in [1.165, 1.54) is 5.56 Å². The molecule has 1 aliphatic heterocycles. The fourth-order valence-corrected chi connectivity index (χ4v) is 5.98. The second-order valence-electron chi connectivity index (χ2n) is 9.81. The van der Waals surface area contributed by atoms with Crippen molar-refractivity contribution in [2.24, 2.45) is 5.10 Å². The van der Waals surface area contributed by atoms with Crippen LogP contribution in [0.4, 0.5) is 5.69 Å². The minimum absolute atomic E-state index is 0.0367. The summed E-state index contributed by atoms with van der Waals surface area (Å²) in [4.78, 5) is 18.6. The molecule has 0 spiro atoms. The zero-order chi connectivity index (χ0) is 25.2. The number of aromatic nitrogens is 2. The van der Waals surface area contributed by atoms with E-state index in [9.17, 15) is 4.79 Å². The third-order valence-electron chi connectivity index (χ3n) is 7.70. The Labute approximate surface area is 218 Å².